The van der Waals surface area contributed by atoms with Gasteiger partial charge in [-0.15, -0.1) is 0 Å². The van der Waals surface area contributed by atoms with Gasteiger partial charge in [-0.05, 0) is 54.6 Å². The van der Waals surface area contributed by atoms with Crippen LogP contribution in [-0.4, -0.2) is 22.8 Å². The molecule has 1 saturated heterocycles. The Labute approximate surface area is 197 Å². The lowest BCUT2D eigenvalue weighted by Crippen LogP contribution is -2.27. The quantitative estimate of drug-likeness (QED) is 0.389. The molecule has 0 N–H and O–H groups in total. The zero-order valence-corrected chi connectivity index (χ0v) is 19.2. The van der Waals surface area contributed by atoms with Crippen molar-refractivity contribution in [2.45, 2.75) is 23.5 Å². The lowest BCUT2D eigenvalue weighted by molar-refractivity contribution is -0.123. The van der Waals surface area contributed by atoms with Crippen molar-refractivity contribution in [3.63, 3.8) is 0 Å². The average Bonchev–Trinajstić information content (AvgIpc) is 3.46. The summed E-state index contributed by atoms with van der Waals surface area (Å²) < 4.78 is 16.5. The van der Waals surface area contributed by atoms with Crippen molar-refractivity contribution in [3.05, 3.63) is 75.3 Å². The van der Waals surface area contributed by atoms with E-state index in [1.165, 1.54) is 17.3 Å². The number of furan rings is 1. The van der Waals surface area contributed by atoms with E-state index >= 15 is 0 Å². The molecule has 3 heterocycles. The minimum Gasteiger partial charge on any atom is -0.454 e. The standard InChI is InChI=1S/C23H16ClNO5S2/c1-13-2-5-16(6-3-13)31-21-7-4-15(30-21)9-20-22(26)25(23(27)32-20)11-14-8-18-19(10-17(14)24)29-12-28-18/h2-10H,11-12H2,1H3/b20-9-. The number of ether oxygens (including phenoxy) is 2. The predicted octanol–water partition coefficient (Wildman–Crippen LogP) is 6.36. The van der Waals surface area contributed by atoms with Crippen LogP contribution in [0.4, 0.5) is 4.79 Å². The molecule has 0 aliphatic carbocycles. The molecule has 0 unspecified atom stereocenters. The summed E-state index contributed by atoms with van der Waals surface area (Å²) in [5.41, 5.74) is 1.79. The van der Waals surface area contributed by atoms with Gasteiger partial charge in [0, 0.05) is 22.1 Å². The number of aryl methyl sites for hydroxylation is 1. The number of rotatable bonds is 5. The highest BCUT2D eigenvalue weighted by Crippen LogP contribution is 2.39. The summed E-state index contributed by atoms with van der Waals surface area (Å²) in [4.78, 5) is 27.9. The highest BCUT2D eigenvalue weighted by Gasteiger charge is 2.36. The fraction of sp³-hybridized carbons (Fsp3) is 0.130. The number of imide groups is 1. The van der Waals surface area contributed by atoms with E-state index in [1.807, 2.05) is 37.3 Å². The number of carbonyl (C=O) groups is 2. The number of thioether (sulfide) groups is 1. The number of carbonyl (C=O) groups excluding carboxylic acids is 2. The molecule has 32 heavy (non-hydrogen) atoms. The van der Waals surface area contributed by atoms with E-state index in [0.29, 0.717) is 37.8 Å². The van der Waals surface area contributed by atoms with E-state index in [1.54, 1.807) is 24.3 Å². The lowest BCUT2D eigenvalue weighted by Gasteiger charge is -2.14. The summed E-state index contributed by atoms with van der Waals surface area (Å²) in [6.07, 6.45) is 1.59. The molecule has 0 atom stereocenters. The Morgan fingerprint density at radius 1 is 1.09 bits per heavy atom. The summed E-state index contributed by atoms with van der Waals surface area (Å²) in [6.45, 7) is 2.20. The maximum absolute atomic E-state index is 12.9. The van der Waals surface area contributed by atoms with Crippen molar-refractivity contribution in [2.24, 2.45) is 0 Å². The SMILES string of the molecule is Cc1ccc(Sc2ccc(/C=C3\SC(=O)N(Cc4cc5c(cc4Cl)OCO5)C3=O)o2)cc1. The largest absolute Gasteiger partial charge is 0.454 e. The van der Waals surface area contributed by atoms with E-state index in [4.69, 9.17) is 25.5 Å². The number of nitrogens with zero attached hydrogens (tertiary/aromatic N) is 1. The molecule has 0 bridgehead atoms. The fourth-order valence-corrected chi connectivity index (χ4v) is 5.02. The highest BCUT2D eigenvalue weighted by molar-refractivity contribution is 8.18. The Hall–Kier alpha value is -2.81. The average molecular weight is 486 g/mol. The third-order valence-corrected chi connectivity index (χ3v) is 7.05. The van der Waals surface area contributed by atoms with Gasteiger partial charge in [-0.25, -0.2) is 0 Å². The van der Waals surface area contributed by atoms with E-state index in [-0.39, 0.29) is 18.6 Å². The summed E-state index contributed by atoms with van der Waals surface area (Å²) in [5, 5.41) is 0.739. The van der Waals surface area contributed by atoms with E-state index < -0.39 is 5.91 Å². The topological polar surface area (TPSA) is 69.0 Å². The Bertz CT molecular complexity index is 1250. The van der Waals surface area contributed by atoms with E-state index in [2.05, 4.69) is 0 Å². The first kappa shape index (κ1) is 21.1. The fourth-order valence-electron chi connectivity index (χ4n) is 3.21. The summed E-state index contributed by atoms with van der Waals surface area (Å²) in [7, 11) is 0. The van der Waals surface area contributed by atoms with Crippen LogP contribution in [0.15, 0.2) is 67.8 Å². The Balaban J connectivity index is 1.31. The Kier molecular flexibility index (Phi) is 5.67. The second-order valence-corrected chi connectivity index (χ2v) is 9.61. The number of amides is 2. The first-order valence-electron chi connectivity index (χ1n) is 9.64. The van der Waals surface area contributed by atoms with Crippen LogP contribution in [0.25, 0.3) is 6.08 Å². The maximum Gasteiger partial charge on any atom is 0.293 e. The molecule has 2 amide bonds. The van der Waals surface area contributed by atoms with Gasteiger partial charge in [-0.3, -0.25) is 14.5 Å². The number of fused-ring (bicyclic) bond motifs is 1. The van der Waals surface area contributed by atoms with E-state index in [0.717, 1.165) is 21.6 Å². The highest BCUT2D eigenvalue weighted by atomic mass is 35.5. The second-order valence-electron chi connectivity index (χ2n) is 7.14. The molecule has 9 heteroatoms. The van der Waals surface area contributed by atoms with Crippen LogP contribution < -0.4 is 9.47 Å². The first-order valence-corrected chi connectivity index (χ1v) is 11.6. The molecule has 6 nitrogen and oxygen atoms in total. The van der Waals surface area contributed by atoms with Gasteiger partial charge < -0.3 is 13.9 Å². The molecule has 2 aliphatic heterocycles. The van der Waals surface area contributed by atoms with Crippen LogP contribution >= 0.6 is 35.1 Å². The van der Waals surface area contributed by atoms with Crippen LogP contribution in [0.5, 0.6) is 11.5 Å². The zero-order chi connectivity index (χ0) is 22.2. The van der Waals surface area contributed by atoms with Gasteiger partial charge in [-0.1, -0.05) is 41.1 Å². The molecule has 0 saturated carbocycles. The number of halogens is 1. The number of hydrogen-bond acceptors (Lipinski definition) is 7. The van der Waals surface area contributed by atoms with Crippen LogP contribution in [0.1, 0.15) is 16.9 Å². The number of hydrogen-bond donors (Lipinski definition) is 0. The maximum atomic E-state index is 12.9. The molecule has 0 radical (unpaired) electrons. The third kappa shape index (κ3) is 4.26. The van der Waals surface area contributed by atoms with Crippen molar-refractivity contribution in [2.75, 3.05) is 6.79 Å². The smallest absolute Gasteiger partial charge is 0.293 e. The van der Waals surface area contributed by atoms with Crippen LogP contribution in [-0.2, 0) is 11.3 Å². The van der Waals surface area contributed by atoms with Crippen LogP contribution in [0, 0.1) is 6.92 Å². The van der Waals surface area contributed by atoms with Crippen molar-refractivity contribution in [1.29, 1.82) is 0 Å². The molecule has 3 aromatic rings. The minimum atomic E-state index is -0.391. The normalized spacial score (nSPS) is 16.4. The van der Waals surface area contributed by atoms with Gasteiger partial charge in [0.05, 0.1) is 11.4 Å². The van der Waals surface area contributed by atoms with Crippen molar-refractivity contribution in [3.8, 4) is 11.5 Å². The second kappa shape index (κ2) is 8.61. The van der Waals surface area contributed by atoms with Gasteiger partial charge in [0.15, 0.2) is 16.6 Å². The zero-order valence-electron chi connectivity index (χ0n) is 16.8. The van der Waals surface area contributed by atoms with Gasteiger partial charge in [0.1, 0.15) is 5.76 Å². The number of benzene rings is 2. The monoisotopic (exact) mass is 485 g/mol. The van der Waals surface area contributed by atoms with Gasteiger partial charge in [0.25, 0.3) is 11.1 Å². The van der Waals surface area contributed by atoms with E-state index in [9.17, 15) is 9.59 Å². The van der Waals surface area contributed by atoms with Crippen molar-refractivity contribution >= 4 is 52.3 Å². The molecule has 2 aromatic carbocycles. The molecular formula is C23H16ClNO5S2. The van der Waals surface area contributed by atoms with Crippen molar-refractivity contribution < 1.29 is 23.5 Å². The lowest BCUT2D eigenvalue weighted by atomic mass is 10.2. The molecule has 2 aliphatic rings. The summed E-state index contributed by atoms with van der Waals surface area (Å²) in [6, 6.07) is 15.1. The molecule has 0 spiro atoms. The molecular weight excluding hydrogens is 470 g/mol. The Morgan fingerprint density at radius 2 is 1.84 bits per heavy atom. The Morgan fingerprint density at radius 3 is 2.62 bits per heavy atom. The molecule has 5 rings (SSSR count). The van der Waals surface area contributed by atoms with Crippen LogP contribution in [0.2, 0.25) is 5.02 Å². The third-order valence-electron chi connectivity index (χ3n) is 4.86. The molecule has 162 valence electrons. The predicted molar refractivity (Wildman–Crippen MR) is 123 cm³/mol. The molecule has 1 fully saturated rings. The summed E-state index contributed by atoms with van der Waals surface area (Å²) in [5.74, 6) is 1.20. The first-order chi connectivity index (χ1) is 15.5. The van der Waals surface area contributed by atoms with Gasteiger partial charge in [-0.2, -0.15) is 0 Å². The molecule has 1 aromatic heterocycles. The van der Waals surface area contributed by atoms with Crippen molar-refractivity contribution in [1.82, 2.24) is 4.90 Å². The minimum absolute atomic E-state index is 0.0458. The van der Waals surface area contributed by atoms with Gasteiger partial charge in [0.2, 0.25) is 6.79 Å². The van der Waals surface area contributed by atoms with Crippen LogP contribution in [0.3, 0.4) is 0 Å². The summed E-state index contributed by atoms with van der Waals surface area (Å²) >= 11 is 8.67. The van der Waals surface area contributed by atoms with Gasteiger partial charge >= 0.3 is 0 Å².